The molecule has 0 amide bonds. The zero-order chi connectivity index (χ0) is 22.9. The Kier molecular flexibility index (Phi) is 7.18. The minimum Gasteiger partial charge on any atom is -0.507 e. The molecule has 4 aromatic rings. The Labute approximate surface area is 193 Å². The zero-order valence-corrected chi connectivity index (χ0v) is 18.1. The van der Waals surface area contributed by atoms with Crippen molar-refractivity contribution in [1.29, 1.82) is 0 Å². The molecule has 1 N–H and O–H groups in total. The van der Waals surface area contributed by atoms with E-state index in [1.807, 2.05) is 91.0 Å². The number of phenols is 1. The summed E-state index contributed by atoms with van der Waals surface area (Å²) in [6.07, 6.45) is 3.15. The van der Waals surface area contributed by atoms with E-state index in [0.29, 0.717) is 12.4 Å². The van der Waals surface area contributed by atoms with Crippen LogP contribution in [0.25, 0.3) is 6.08 Å². The lowest BCUT2D eigenvalue weighted by Gasteiger charge is -2.14. The summed E-state index contributed by atoms with van der Waals surface area (Å²) in [6, 6.07) is 32.0. The molecule has 33 heavy (non-hydrogen) atoms. The summed E-state index contributed by atoms with van der Waals surface area (Å²) in [5, 5.41) is 10.7. The van der Waals surface area contributed by atoms with Gasteiger partial charge in [0.15, 0.2) is 5.78 Å². The van der Waals surface area contributed by atoms with Gasteiger partial charge in [-0.05, 0) is 22.8 Å². The molecule has 4 aromatic carbocycles. The van der Waals surface area contributed by atoms with Crippen LogP contribution < -0.4 is 9.47 Å². The summed E-state index contributed by atoms with van der Waals surface area (Å²) in [4.78, 5) is 13.0. The van der Waals surface area contributed by atoms with E-state index in [0.717, 1.165) is 16.7 Å². The Hall–Kier alpha value is -4.31. The van der Waals surface area contributed by atoms with E-state index < -0.39 is 0 Å². The van der Waals surface area contributed by atoms with E-state index in [1.165, 1.54) is 12.1 Å². The number of rotatable bonds is 9. The predicted octanol–water partition coefficient (Wildman–Crippen LogP) is 6.45. The number of ether oxygens (including phenoxy) is 2. The number of phenolic OH excluding ortho intramolecular Hbond substituents is 1. The van der Waals surface area contributed by atoms with Crippen LogP contribution in [0, 0.1) is 0 Å². The van der Waals surface area contributed by atoms with Crippen molar-refractivity contribution in [3.63, 3.8) is 0 Å². The summed E-state index contributed by atoms with van der Waals surface area (Å²) < 4.78 is 11.8. The molecule has 0 atom stereocenters. The van der Waals surface area contributed by atoms with E-state index in [-0.39, 0.29) is 29.5 Å². The molecule has 0 fully saturated rings. The minimum atomic E-state index is -0.353. The molecule has 4 nitrogen and oxygen atoms in total. The third kappa shape index (κ3) is 6.11. The zero-order valence-electron chi connectivity index (χ0n) is 18.1. The van der Waals surface area contributed by atoms with Gasteiger partial charge in [0.1, 0.15) is 36.0 Å². The molecule has 4 rings (SSSR count). The maximum Gasteiger partial charge on any atom is 0.193 e. The first-order valence-electron chi connectivity index (χ1n) is 10.7. The molecule has 0 radical (unpaired) electrons. The molecule has 0 bridgehead atoms. The quantitative estimate of drug-likeness (QED) is 0.242. The predicted molar refractivity (Wildman–Crippen MR) is 129 cm³/mol. The van der Waals surface area contributed by atoms with Crippen LogP contribution in [0.3, 0.4) is 0 Å². The van der Waals surface area contributed by atoms with Gasteiger partial charge in [-0.3, -0.25) is 4.79 Å². The fourth-order valence-corrected chi connectivity index (χ4v) is 3.32. The number of benzene rings is 4. The molecule has 0 heterocycles. The SMILES string of the molecule is O=C(C=Cc1ccccc1)c1c(O)cc(OCc2ccccc2)cc1OCc1ccccc1. The fourth-order valence-electron chi connectivity index (χ4n) is 3.32. The molecular weight excluding hydrogens is 412 g/mol. The molecule has 0 saturated carbocycles. The van der Waals surface area contributed by atoms with Crippen LogP contribution in [0.4, 0.5) is 0 Å². The second-order valence-electron chi connectivity index (χ2n) is 7.47. The van der Waals surface area contributed by atoms with E-state index >= 15 is 0 Å². The van der Waals surface area contributed by atoms with E-state index in [4.69, 9.17) is 9.47 Å². The van der Waals surface area contributed by atoms with Crippen LogP contribution in [0.1, 0.15) is 27.0 Å². The molecule has 0 saturated heterocycles. The number of aromatic hydroxyl groups is 1. The molecule has 0 aliphatic heterocycles. The highest BCUT2D eigenvalue weighted by molar-refractivity contribution is 6.10. The van der Waals surface area contributed by atoms with Crippen molar-refractivity contribution in [3.8, 4) is 17.2 Å². The van der Waals surface area contributed by atoms with E-state index in [1.54, 1.807) is 12.1 Å². The molecular formula is C29H24O4. The Bertz CT molecular complexity index is 1220. The van der Waals surface area contributed by atoms with Gasteiger partial charge in [-0.2, -0.15) is 0 Å². The molecule has 164 valence electrons. The van der Waals surface area contributed by atoms with Crippen molar-refractivity contribution < 1.29 is 19.4 Å². The second kappa shape index (κ2) is 10.8. The van der Waals surface area contributed by atoms with E-state index in [2.05, 4.69) is 0 Å². The Morgan fingerprint density at radius 1 is 0.727 bits per heavy atom. The Morgan fingerprint density at radius 3 is 1.88 bits per heavy atom. The average Bonchev–Trinajstić information content (AvgIpc) is 2.86. The molecule has 0 aliphatic rings. The first-order valence-corrected chi connectivity index (χ1v) is 10.7. The standard InChI is InChI=1S/C29H24O4/c30-26(17-16-22-10-4-1-5-11-22)29-27(31)18-25(32-20-23-12-6-2-7-13-23)19-28(29)33-21-24-14-8-3-9-15-24/h1-19,31H,20-21H2. The number of carbonyl (C=O) groups is 1. The summed E-state index contributed by atoms with van der Waals surface area (Å²) >= 11 is 0. The molecule has 0 aliphatic carbocycles. The van der Waals surface area contributed by atoms with Crippen LogP contribution in [0.2, 0.25) is 0 Å². The number of hydrogen-bond acceptors (Lipinski definition) is 4. The highest BCUT2D eigenvalue weighted by Crippen LogP contribution is 2.35. The third-order valence-corrected chi connectivity index (χ3v) is 5.01. The average molecular weight is 437 g/mol. The maximum atomic E-state index is 13.0. The number of carbonyl (C=O) groups excluding carboxylic acids is 1. The molecule has 0 spiro atoms. The van der Waals surface area contributed by atoms with Gasteiger partial charge in [0.05, 0.1) is 0 Å². The van der Waals surface area contributed by atoms with Gasteiger partial charge in [-0.25, -0.2) is 0 Å². The summed E-state index contributed by atoms with van der Waals surface area (Å²) in [5.41, 5.74) is 2.94. The molecule has 0 aromatic heterocycles. The van der Waals surface area contributed by atoms with Crippen molar-refractivity contribution in [2.75, 3.05) is 0 Å². The first kappa shape index (κ1) is 21.9. The van der Waals surface area contributed by atoms with Crippen LogP contribution >= 0.6 is 0 Å². The lowest BCUT2D eigenvalue weighted by atomic mass is 10.1. The van der Waals surface area contributed by atoms with Crippen LogP contribution in [-0.4, -0.2) is 10.9 Å². The lowest BCUT2D eigenvalue weighted by molar-refractivity contribution is 0.104. The van der Waals surface area contributed by atoms with Gasteiger partial charge in [-0.1, -0.05) is 97.1 Å². The van der Waals surface area contributed by atoms with Gasteiger partial charge in [0.2, 0.25) is 0 Å². The van der Waals surface area contributed by atoms with Crippen molar-refractivity contribution in [2.24, 2.45) is 0 Å². The third-order valence-electron chi connectivity index (χ3n) is 5.01. The van der Waals surface area contributed by atoms with Crippen molar-refractivity contribution in [1.82, 2.24) is 0 Å². The monoisotopic (exact) mass is 436 g/mol. The first-order chi connectivity index (χ1) is 16.2. The van der Waals surface area contributed by atoms with Gasteiger partial charge < -0.3 is 14.6 Å². The minimum absolute atomic E-state index is 0.102. The van der Waals surface area contributed by atoms with Crippen LogP contribution in [-0.2, 0) is 13.2 Å². The maximum absolute atomic E-state index is 13.0. The number of hydrogen-bond donors (Lipinski definition) is 1. The topological polar surface area (TPSA) is 55.8 Å². The lowest BCUT2D eigenvalue weighted by Crippen LogP contribution is -2.04. The van der Waals surface area contributed by atoms with Crippen molar-refractivity contribution >= 4 is 11.9 Å². The highest BCUT2D eigenvalue weighted by Gasteiger charge is 2.18. The van der Waals surface area contributed by atoms with Gasteiger partial charge >= 0.3 is 0 Å². The summed E-state index contributed by atoms with van der Waals surface area (Å²) in [6.45, 7) is 0.588. The number of ketones is 1. The molecule has 4 heteroatoms. The van der Waals surface area contributed by atoms with Crippen LogP contribution in [0.15, 0.2) is 109 Å². The van der Waals surface area contributed by atoms with E-state index in [9.17, 15) is 9.90 Å². The molecule has 0 unspecified atom stereocenters. The summed E-state index contributed by atoms with van der Waals surface area (Å²) in [7, 11) is 0. The van der Waals surface area contributed by atoms with Gasteiger partial charge in [0.25, 0.3) is 0 Å². The van der Waals surface area contributed by atoms with Crippen molar-refractivity contribution in [2.45, 2.75) is 13.2 Å². The van der Waals surface area contributed by atoms with Gasteiger partial charge in [0, 0.05) is 12.1 Å². The Morgan fingerprint density at radius 2 is 1.27 bits per heavy atom. The largest absolute Gasteiger partial charge is 0.507 e. The highest BCUT2D eigenvalue weighted by atomic mass is 16.5. The number of allylic oxidation sites excluding steroid dienone is 1. The normalized spacial score (nSPS) is 10.8. The second-order valence-corrected chi connectivity index (χ2v) is 7.47. The smallest absolute Gasteiger partial charge is 0.193 e. The van der Waals surface area contributed by atoms with Crippen molar-refractivity contribution in [3.05, 3.63) is 131 Å². The fraction of sp³-hybridized carbons (Fsp3) is 0.0690. The Balaban J connectivity index is 1.60. The van der Waals surface area contributed by atoms with Crippen LogP contribution in [0.5, 0.6) is 17.2 Å². The summed E-state index contributed by atoms with van der Waals surface area (Å²) in [5.74, 6) is 0.146. The van der Waals surface area contributed by atoms with Gasteiger partial charge in [-0.15, -0.1) is 0 Å².